The predicted octanol–water partition coefficient (Wildman–Crippen LogP) is 2.99. The molecule has 9 heteroatoms. The third kappa shape index (κ3) is 4.29. The van der Waals surface area contributed by atoms with Crippen LogP contribution in [0.5, 0.6) is 11.5 Å². The average molecular weight is 470 g/mol. The second-order valence-electron chi connectivity index (χ2n) is 8.72. The molecule has 1 atom stereocenters. The Morgan fingerprint density at radius 3 is 2.67 bits per heavy atom. The van der Waals surface area contributed by atoms with Crippen LogP contribution in [0.2, 0.25) is 0 Å². The van der Waals surface area contributed by atoms with Crippen LogP contribution in [0.25, 0.3) is 0 Å². The molecule has 3 heterocycles. The zero-order valence-electron chi connectivity index (χ0n) is 18.4. The molecule has 1 fully saturated rings. The van der Waals surface area contributed by atoms with Gasteiger partial charge < -0.3 is 25.4 Å². The summed E-state index contributed by atoms with van der Waals surface area (Å²) in [7, 11) is 0. The summed E-state index contributed by atoms with van der Waals surface area (Å²) >= 11 is 1.46. The maximum Gasteiger partial charge on any atom is 0.254 e. The van der Waals surface area contributed by atoms with Crippen LogP contribution < -0.4 is 20.5 Å². The summed E-state index contributed by atoms with van der Waals surface area (Å²) in [5.74, 6) is 0.0600. The quantitative estimate of drug-likeness (QED) is 0.715. The van der Waals surface area contributed by atoms with Gasteiger partial charge in [0, 0.05) is 23.5 Å². The van der Waals surface area contributed by atoms with Crippen molar-refractivity contribution in [2.24, 2.45) is 11.7 Å². The molecular formula is C24H27N3O5S. The molecule has 1 aromatic carbocycles. The Kier molecular flexibility index (Phi) is 5.97. The van der Waals surface area contributed by atoms with Crippen LogP contribution in [0.4, 0.5) is 5.00 Å². The van der Waals surface area contributed by atoms with Crippen molar-refractivity contribution in [1.82, 2.24) is 4.90 Å². The van der Waals surface area contributed by atoms with Gasteiger partial charge in [0.15, 0.2) is 11.5 Å². The first-order valence-electron chi connectivity index (χ1n) is 11.5. The van der Waals surface area contributed by atoms with Gasteiger partial charge in [0.1, 0.15) is 18.2 Å². The van der Waals surface area contributed by atoms with Gasteiger partial charge >= 0.3 is 0 Å². The molecular weight excluding hydrogens is 442 g/mol. The van der Waals surface area contributed by atoms with E-state index in [4.69, 9.17) is 15.2 Å². The molecule has 1 aromatic heterocycles. The molecule has 33 heavy (non-hydrogen) atoms. The van der Waals surface area contributed by atoms with E-state index in [0.717, 1.165) is 42.5 Å². The summed E-state index contributed by atoms with van der Waals surface area (Å²) in [5.41, 5.74) is 7.63. The molecule has 8 nitrogen and oxygen atoms in total. The fraction of sp³-hybridized carbons (Fsp3) is 0.458. The molecule has 0 spiro atoms. The zero-order valence-corrected chi connectivity index (χ0v) is 19.2. The molecule has 174 valence electrons. The van der Waals surface area contributed by atoms with Crippen molar-refractivity contribution in [3.63, 3.8) is 0 Å². The molecule has 3 N–H and O–H groups in total. The maximum atomic E-state index is 13.1. The van der Waals surface area contributed by atoms with Gasteiger partial charge in [0.25, 0.3) is 11.8 Å². The number of primary amides is 1. The van der Waals surface area contributed by atoms with Gasteiger partial charge in [-0.1, -0.05) is 0 Å². The van der Waals surface area contributed by atoms with Crippen molar-refractivity contribution < 1.29 is 23.9 Å². The van der Waals surface area contributed by atoms with E-state index in [1.807, 2.05) is 0 Å². The lowest BCUT2D eigenvalue weighted by atomic mass is 9.94. The summed E-state index contributed by atoms with van der Waals surface area (Å²) in [6.07, 6.45) is 5.26. The van der Waals surface area contributed by atoms with Gasteiger partial charge in [-0.2, -0.15) is 0 Å². The van der Waals surface area contributed by atoms with E-state index in [1.165, 1.54) is 11.3 Å². The lowest BCUT2D eigenvalue weighted by molar-refractivity contribution is -0.121. The molecule has 0 bridgehead atoms. The van der Waals surface area contributed by atoms with Gasteiger partial charge in [0.2, 0.25) is 5.91 Å². The topological polar surface area (TPSA) is 111 Å². The lowest BCUT2D eigenvalue weighted by Gasteiger charge is -2.32. The number of hydrogen-bond acceptors (Lipinski definition) is 6. The number of carbonyl (C=O) groups excluding carboxylic acids is 3. The number of nitrogens with one attached hydrogen (secondary N) is 1. The van der Waals surface area contributed by atoms with E-state index in [-0.39, 0.29) is 17.7 Å². The highest BCUT2D eigenvalue weighted by Gasteiger charge is 2.31. The average Bonchev–Trinajstić information content (AvgIpc) is 3.21. The Bertz CT molecular complexity index is 1110. The van der Waals surface area contributed by atoms with Crippen LogP contribution in [-0.2, 0) is 17.6 Å². The number of benzene rings is 1. The molecule has 5 rings (SSSR count). The van der Waals surface area contributed by atoms with Crippen LogP contribution in [-0.4, -0.2) is 48.9 Å². The standard InChI is InChI=1S/C24H27N3O5S/c25-21(28)20-16-5-1-2-6-19(16)33-23(20)26-22(29)15-4-3-9-27(13-15)24(30)14-7-8-17-18(12-14)32-11-10-31-17/h7-8,12,15H,1-6,9-11,13H2,(H2,25,28)(H,26,29)/t15-/m0/s1. The molecule has 1 saturated heterocycles. The van der Waals surface area contributed by atoms with E-state index in [1.54, 1.807) is 23.1 Å². The first-order valence-corrected chi connectivity index (χ1v) is 12.3. The van der Waals surface area contributed by atoms with Crippen molar-refractivity contribution in [1.29, 1.82) is 0 Å². The second kappa shape index (κ2) is 9.05. The van der Waals surface area contributed by atoms with Crippen molar-refractivity contribution in [3.8, 4) is 11.5 Å². The second-order valence-corrected chi connectivity index (χ2v) is 9.82. The third-order valence-electron chi connectivity index (χ3n) is 6.52. The smallest absolute Gasteiger partial charge is 0.254 e. The summed E-state index contributed by atoms with van der Waals surface area (Å²) in [6, 6.07) is 5.18. The number of amides is 3. The van der Waals surface area contributed by atoms with Gasteiger partial charge in [-0.05, 0) is 62.3 Å². The van der Waals surface area contributed by atoms with E-state index in [0.29, 0.717) is 60.4 Å². The first-order chi connectivity index (χ1) is 16.0. The molecule has 2 aromatic rings. The normalized spacial score (nSPS) is 19.5. The van der Waals surface area contributed by atoms with Crippen LogP contribution in [0, 0.1) is 5.92 Å². The van der Waals surface area contributed by atoms with Crippen LogP contribution in [0.15, 0.2) is 18.2 Å². The molecule has 3 amide bonds. The molecule has 0 unspecified atom stereocenters. The fourth-order valence-electron chi connectivity index (χ4n) is 4.86. The van der Waals surface area contributed by atoms with E-state index in [9.17, 15) is 14.4 Å². The number of nitrogens with zero attached hydrogens (tertiary/aromatic N) is 1. The number of ether oxygens (including phenoxy) is 2. The Morgan fingerprint density at radius 2 is 1.85 bits per heavy atom. The number of likely N-dealkylation sites (tertiary alicyclic amines) is 1. The fourth-order valence-corrected chi connectivity index (χ4v) is 6.16. The highest BCUT2D eigenvalue weighted by Crippen LogP contribution is 2.38. The number of thiophene rings is 1. The number of fused-ring (bicyclic) bond motifs is 2. The predicted molar refractivity (Wildman–Crippen MR) is 124 cm³/mol. The molecule has 0 radical (unpaired) electrons. The largest absolute Gasteiger partial charge is 0.486 e. The number of hydrogen-bond donors (Lipinski definition) is 2. The van der Waals surface area contributed by atoms with E-state index >= 15 is 0 Å². The van der Waals surface area contributed by atoms with Gasteiger partial charge in [0.05, 0.1) is 11.5 Å². The minimum atomic E-state index is -0.497. The van der Waals surface area contributed by atoms with E-state index in [2.05, 4.69) is 5.32 Å². The number of rotatable bonds is 4. The minimum Gasteiger partial charge on any atom is -0.486 e. The van der Waals surface area contributed by atoms with Crippen molar-refractivity contribution in [2.45, 2.75) is 38.5 Å². The maximum absolute atomic E-state index is 13.1. The number of carbonyl (C=O) groups is 3. The Morgan fingerprint density at radius 1 is 1.06 bits per heavy atom. The van der Waals surface area contributed by atoms with E-state index < -0.39 is 5.91 Å². The summed E-state index contributed by atoms with van der Waals surface area (Å²) in [5, 5.41) is 3.51. The monoisotopic (exact) mass is 469 g/mol. The minimum absolute atomic E-state index is 0.131. The summed E-state index contributed by atoms with van der Waals surface area (Å²) in [6.45, 7) is 1.87. The number of anilines is 1. The van der Waals surface area contributed by atoms with Crippen molar-refractivity contribution >= 4 is 34.1 Å². The Hall–Kier alpha value is -3.07. The zero-order chi connectivity index (χ0) is 22.9. The number of aryl methyl sites for hydroxylation is 1. The van der Waals surface area contributed by atoms with Gasteiger partial charge in [-0.3, -0.25) is 14.4 Å². The number of piperidine rings is 1. The SMILES string of the molecule is NC(=O)c1c(NC(=O)[C@H]2CCCN(C(=O)c3ccc4c(c3)OCCO4)C2)sc2c1CCCC2. The van der Waals surface area contributed by atoms with Gasteiger partial charge in [-0.25, -0.2) is 0 Å². The highest BCUT2D eigenvalue weighted by atomic mass is 32.1. The van der Waals surface area contributed by atoms with Crippen LogP contribution >= 0.6 is 11.3 Å². The van der Waals surface area contributed by atoms with Crippen molar-refractivity contribution in [2.75, 3.05) is 31.6 Å². The third-order valence-corrected chi connectivity index (χ3v) is 7.73. The van der Waals surface area contributed by atoms with Crippen LogP contribution in [0.1, 0.15) is 56.8 Å². The Labute approximate surface area is 196 Å². The van der Waals surface area contributed by atoms with Crippen molar-refractivity contribution in [3.05, 3.63) is 39.8 Å². The number of nitrogens with two attached hydrogens (primary N) is 1. The Balaban J connectivity index is 1.29. The molecule has 1 aliphatic carbocycles. The summed E-state index contributed by atoms with van der Waals surface area (Å²) in [4.78, 5) is 41.2. The molecule has 3 aliphatic rings. The van der Waals surface area contributed by atoms with Gasteiger partial charge in [-0.15, -0.1) is 11.3 Å². The molecule has 2 aliphatic heterocycles. The molecule has 0 saturated carbocycles. The highest BCUT2D eigenvalue weighted by molar-refractivity contribution is 7.17. The first kappa shape index (κ1) is 21.8. The summed E-state index contributed by atoms with van der Waals surface area (Å²) < 4.78 is 11.1. The lowest BCUT2D eigenvalue weighted by Crippen LogP contribution is -2.43. The van der Waals surface area contributed by atoms with Crippen LogP contribution in [0.3, 0.4) is 0 Å².